The highest BCUT2D eigenvalue weighted by Gasteiger charge is 2.63. The van der Waals surface area contributed by atoms with Gasteiger partial charge >= 0.3 is 6.03 Å². The molecule has 8 heteroatoms. The number of imide groups is 1. The molecule has 2 aromatic rings. The zero-order valence-corrected chi connectivity index (χ0v) is 15.5. The van der Waals surface area contributed by atoms with Crippen molar-refractivity contribution < 1.29 is 14.4 Å². The molecular weight excluding hydrogens is 370 g/mol. The number of carbonyl (C=O) groups is 3. The highest BCUT2D eigenvalue weighted by molar-refractivity contribution is 6.25. The molecule has 8 nitrogen and oxygen atoms in total. The maximum atomic E-state index is 13.4. The lowest BCUT2D eigenvalue weighted by molar-refractivity contribution is -0.136. The first-order valence-electron chi connectivity index (χ1n) is 9.82. The molecule has 3 aliphatic heterocycles. The minimum absolute atomic E-state index is 0.0976. The van der Waals surface area contributed by atoms with E-state index in [9.17, 15) is 14.4 Å². The molecule has 4 amide bonds. The number of rotatable bonds is 2. The van der Waals surface area contributed by atoms with Crippen LogP contribution in [0.5, 0.6) is 0 Å². The standard InChI is InChI=1S/C21H17N5O3/c1-22-18-14-5-3-2-4-13(14)16(9-23-18)26-20(28)17-15-8-12(25(17)21(26)29)10-24(15)19(27)11-6-7-11/h2-5,9,11-12,15,17H,6-8,10H2/t12?,15-,17-/m1/s1. The number of aromatic nitrogens is 1. The van der Waals surface area contributed by atoms with Gasteiger partial charge in [-0.1, -0.05) is 30.8 Å². The third-order valence-corrected chi connectivity index (χ3v) is 6.57. The lowest BCUT2D eigenvalue weighted by atomic mass is 10.1. The summed E-state index contributed by atoms with van der Waals surface area (Å²) in [6.45, 7) is 7.83. The molecule has 0 radical (unpaired) electrons. The van der Waals surface area contributed by atoms with Crippen molar-refractivity contribution in [3.05, 3.63) is 41.9 Å². The van der Waals surface area contributed by atoms with Gasteiger partial charge in [0, 0.05) is 23.2 Å². The maximum Gasteiger partial charge on any atom is 0.332 e. The number of fused-ring (bicyclic) bond motifs is 6. The summed E-state index contributed by atoms with van der Waals surface area (Å²) in [6.07, 6.45) is 3.95. The Hall–Kier alpha value is -3.47. The lowest BCUT2D eigenvalue weighted by Crippen LogP contribution is -2.55. The van der Waals surface area contributed by atoms with E-state index in [1.807, 2.05) is 11.0 Å². The number of benzene rings is 1. The van der Waals surface area contributed by atoms with Gasteiger partial charge in [-0.2, -0.15) is 0 Å². The van der Waals surface area contributed by atoms with E-state index in [2.05, 4.69) is 9.83 Å². The largest absolute Gasteiger partial charge is 0.360 e. The molecule has 0 N–H and O–H groups in total. The van der Waals surface area contributed by atoms with Gasteiger partial charge in [0.1, 0.15) is 17.9 Å². The van der Waals surface area contributed by atoms with Crippen LogP contribution in [-0.2, 0) is 9.59 Å². The Morgan fingerprint density at radius 3 is 2.66 bits per heavy atom. The highest BCUT2D eigenvalue weighted by Crippen LogP contribution is 2.45. The van der Waals surface area contributed by atoms with Gasteiger partial charge in [-0.25, -0.2) is 9.69 Å². The quantitative estimate of drug-likeness (QED) is 0.585. The Bertz CT molecular complexity index is 1150. The minimum atomic E-state index is -0.622. The van der Waals surface area contributed by atoms with Crippen LogP contribution >= 0.6 is 0 Å². The average Bonchev–Trinajstić information content (AvgIpc) is 3.33. The van der Waals surface area contributed by atoms with Crippen LogP contribution < -0.4 is 4.90 Å². The summed E-state index contributed by atoms with van der Waals surface area (Å²) in [5, 5.41) is 1.26. The van der Waals surface area contributed by atoms with Crippen LogP contribution in [0, 0.1) is 12.5 Å². The Balaban J connectivity index is 1.41. The molecule has 144 valence electrons. The average molecular weight is 387 g/mol. The Morgan fingerprint density at radius 2 is 1.93 bits per heavy atom. The Kier molecular flexibility index (Phi) is 3.15. The number of carbonyl (C=O) groups excluding carboxylic acids is 3. The van der Waals surface area contributed by atoms with Crippen molar-refractivity contribution in [1.82, 2.24) is 14.8 Å². The topological polar surface area (TPSA) is 78.2 Å². The molecule has 6 rings (SSSR count). The van der Waals surface area contributed by atoms with E-state index in [4.69, 9.17) is 6.57 Å². The van der Waals surface area contributed by atoms with Crippen molar-refractivity contribution in [2.24, 2.45) is 5.92 Å². The molecule has 1 unspecified atom stereocenters. The number of urea groups is 1. The van der Waals surface area contributed by atoms with Crippen molar-refractivity contribution in [2.45, 2.75) is 37.4 Å². The number of piperazine rings is 1. The molecule has 4 fully saturated rings. The van der Waals surface area contributed by atoms with Crippen molar-refractivity contribution >= 4 is 40.1 Å². The van der Waals surface area contributed by atoms with Crippen LogP contribution in [0.2, 0.25) is 0 Å². The van der Waals surface area contributed by atoms with Gasteiger partial charge in [0.25, 0.3) is 11.7 Å². The third-order valence-electron chi connectivity index (χ3n) is 6.57. The molecule has 1 saturated carbocycles. The van der Waals surface area contributed by atoms with Crippen LogP contribution in [0.3, 0.4) is 0 Å². The number of pyridine rings is 1. The fourth-order valence-corrected chi connectivity index (χ4v) is 5.13. The van der Waals surface area contributed by atoms with E-state index >= 15 is 0 Å². The molecule has 3 atom stereocenters. The Labute approximate surface area is 166 Å². The molecule has 29 heavy (non-hydrogen) atoms. The number of hydrogen-bond donors (Lipinski definition) is 0. The molecule has 0 spiro atoms. The molecule has 2 bridgehead atoms. The summed E-state index contributed by atoms with van der Waals surface area (Å²) in [7, 11) is 0. The fraction of sp³-hybridized carbons (Fsp3) is 0.381. The number of hydrogen-bond acceptors (Lipinski definition) is 4. The van der Waals surface area contributed by atoms with Gasteiger partial charge in [-0.05, 0) is 19.3 Å². The second kappa shape index (κ2) is 5.54. The molecule has 1 aliphatic carbocycles. The normalized spacial score (nSPS) is 27.7. The highest BCUT2D eigenvalue weighted by atomic mass is 16.2. The number of likely N-dealkylation sites (tertiary alicyclic amines) is 1. The van der Waals surface area contributed by atoms with Gasteiger partial charge in [0.2, 0.25) is 5.91 Å². The summed E-state index contributed by atoms with van der Waals surface area (Å²) >= 11 is 0. The van der Waals surface area contributed by atoms with Gasteiger partial charge in [0.15, 0.2) is 0 Å². The minimum Gasteiger partial charge on any atom is -0.360 e. The van der Waals surface area contributed by atoms with Crippen LogP contribution in [0.1, 0.15) is 19.3 Å². The molecule has 3 saturated heterocycles. The predicted octanol–water partition coefficient (Wildman–Crippen LogP) is 2.32. The predicted molar refractivity (Wildman–Crippen MR) is 103 cm³/mol. The first-order valence-corrected chi connectivity index (χ1v) is 9.82. The maximum absolute atomic E-state index is 13.4. The van der Waals surface area contributed by atoms with E-state index in [0.717, 1.165) is 12.8 Å². The van der Waals surface area contributed by atoms with Crippen molar-refractivity contribution in [3.8, 4) is 0 Å². The summed E-state index contributed by atoms with van der Waals surface area (Å²) in [5.41, 5.74) is 0.400. The van der Waals surface area contributed by atoms with Gasteiger partial charge in [-0.3, -0.25) is 9.59 Å². The smallest absolute Gasteiger partial charge is 0.332 e. The van der Waals surface area contributed by atoms with Gasteiger partial charge < -0.3 is 14.6 Å². The second-order valence-electron chi connectivity index (χ2n) is 8.15. The molecular formula is C21H17N5O3. The van der Waals surface area contributed by atoms with Crippen molar-refractivity contribution in [3.63, 3.8) is 0 Å². The van der Waals surface area contributed by atoms with Crippen LogP contribution in [0.15, 0.2) is 30.5 Å². The van der Waals surface area contributed by atoms with E-state index in [1.165, 1.54) is 11.1 Å². The second-order valence-corrected chi connectivity index (χ2v) is 8.15. The van der Waals surface area contributed by atoms with E-state index in [-0.39, 0.29) is 41.7 Å². The van der Waals surface area contributed by atoms with Crippen LogP contribution in [0.25, 0.3) is 15.6 Å². The monoisotopic (exact) mass is 387 g/mol. The first-order chi connectivity index (χ1) is 14.1. The molecule has 4 heterocycles. The lowest BCUT2D eigenvalue weighted by Gasteiger charge is -2.35. The van der Waals surface area contributed by atoms with Crippen LogP contribution in [0.4, 0.5) is 16.3 Å². The van der Waals surface area contributed by atoms with E-state index in [0.29, 0.717) is 29.4 Å². The molecule has 4 aliphatic rings. The fourth-order valence-electron chi connectivity index (χ4n) is 5.13. The van der Waals surface area contributed by atoms with Crippen LogP contribution in [-0.4, -0.2) is 57.3 Å². The third kappa shape index (κ3) is 2.07. The van der Waals surface area contributed by atoms with Crippen molar-refractivity contribution in [1.29, 1.82) is 0 Å². The summed E-state index contributed by atoms with van der Waals surface area (Å²) in [6, 6.07) is 5.85. The number of nitrogens with zero attached hydrogens (tertiary/aromatic N) is 5. The number of anilines is 1. The van der Waals surface area contributed by atoms with Crippen molar-refractivity contribution in [2.75, 3.05) is 11.4 Å². The van der Waals surface area contributed by atoms with Gasteiger partial charge in [0.05, 0.1) is 12.1 Å². The zero-order chi connectivity index (χ0) is 19.9. The van der Waals surface area contributed by atoms with E-state index < -0.39 is 6.04 Å². The zero-order valence-electron chi connectivity index (χ0n) is 15.5. The first kappa shape index (κ1) is 16.5. The SMILES string of the molecule is [C-]#[N+]c1ncc(N2C(=O)[C@H]3[C@H]4CC(CN4C(=O)C4CC4)N3C2=O)c2ccccc12. The number of amides is 4. The van der Waals surface area contributed by atoms with Gasteiger partial charge in [-0.15, -0.1) is 4.98 Å². The summed E-state index contributed by atoms with van der Waals surface area (Å²) < 4.78 is 0. The molecule has 1 aromatic carbocycles. The summed E-state index contributed by atoms with van der Waals surface area (Å²) in [5.74, 6) is 0.160. The van der Waals surface area contributed by atoms with E-state index in [1.54, 1.807) is 23.1 Å². The summed E-state index contributed by atoms with van der Waals surface area (Å²) in [4.78, 5) is 51.6. The molecule has 1 aromatic heterocycles. The Morgan fingerprint density at radius 1 is 1.17 bits per heavy atom.